The van der Waals surface area contributed by atoms with Gasteiger partial charge in [0.1, 0.15) is 6.54 Å². The maximum Gasteiger partial charge on any atom is 0.325 e. The lowest BCUT2D eigenvalue weighted by atomic mass is 10.3. The molecule has 0 fully saturated rings. The molecule has 2 rings (SSSR count). The summed E-state index contributed by atoms with van der Waals surface area (Å²) in [5.74, 6) is -0.901. The Balaban J connectivity index is 2.51. The number of aromatic nitrogens is 3. The predicted molar refractivity (Wildman–Crippen MR) is 45.2 cm³/mol. The molecule has 66 valence electrons. The molecule has 0 saturated heterocycles. The van der Waals surface area contributed by atoms with Gasteiger partial charge in [0.2, 0.25) is 0 Å². The molecule has 2 aromatic rings. The monoisotopic (exact) mass is 177 g/mol. The topological polar surface area (TPSA) is 68.0 Å². The van der Waals surface area contributed by atoms with E-state index < -0.39 is 5.97 Å². The highest BCUT2D eigenvalue weighted by Crippen LogP contribution is 2.10. The second-order valence-electron chi connectivity index (χ2n) is 2.63. The molecule has 1 N–H and O–H groups in total. The Morgan fingerprint density at radius 2 is 2.38 bits per heavy atom. The van der Waals surface area contributed by atoms with Crippen molar-refractivity contribution in [3.05, 3.63) is 24.7 Å². The highest BCUT2D eigenvalue weighted by atomic mass is 16.4. The highest BCUT2D eigenvalue weighted by molar-refractivity contribution is 5.78. The molecule has 2 heterocycles. The van der Waals surface area contributed by atoms with E-state index in [2.05, 4.69) is 10.1 Å². The van der Waals surface area contributed by atoms with Crippen molar-refractivity contribution in [2.45, 2.75) is 6.54 Å². The predicted octanol–water partition coefficient (Wildman–Crippen LogP) is 0.516. The van der Waals surface area contributed by atoms with Gasteiger partial charge in [-0.15, -0.1) is 0 Å². The molecule has 5 heteroatoms. The molecular formula is C8H7N3O2. The maximum absolute atomic E-state index is 10.4. The van der Waals surface area contributed by atoms with Gasteiger partial charge in [-0.25, -0.2) is 0 Å². The standard InChI is InChI=1S/C8H7N3O2/c12-8(13)5-11-7-1-2-9-3-6(7)4-10-11/h1-4H,5H2,(H,12,13). The summed E-state index contributed by atoms with van der Waals surface area (Å²) in [5.41, 5.74) is 0.789. The van der Waals surface area contributed by atoms with Crippen molar-refractivity contribution in [3.8, 4) is 0 Å². The molecule has 0 aliphatic carbocycles. The second kappa shape index (κ2) is 2.85. The van der Waals surface area contributed by atoms with E-state index in [4.69, 9.17) is 5.11 Å². The molecule has 0 aliphatic rings. The molecular weight excluding hydrogens is 170 g/mol. The minimum atomic E-state index is -0.901. The third kappa shape index (κ3) is 1.35. The number of aliphatic carboxylic acids is 1. The van der Waals surface area contributed by atoms with E-state index in [1.807, 2.05) is 0 Å². The summed E-state index contributed by atoms with van der Waals surface area (Å²) in [6.07, 6.45) is 4.87. The van der Waals surface area contributed by atoms with Gasteiger partial charge in [0.15, 0.2) is 0 Å². The van der Waals surface area contributed by atoms with Crippen LogP contribution in [0.4, 0.5) is 0 Å². The highest BCUT2D eigenvalue weighted by Gasteiger charge is 2.04. The third-order valence-corrected chi connectivity index (χ3v) is 1.73. The second-order valence-corrected chi connectivity index (χ2v) is 2.63. The van der Waals surface area contributed by atoms with Gasteiger partial charge in [0.05, 0.1) is 11.7 Å². The van der Waals surface area contributed by atoms with Crippen LogP contribution in [-0.2, 0) is 11.3 Å². The van der Waals surface area contributed by atoms with Crippen LogP contribution in [0.25, 0.3) is 10.9 Å². The Morgan fingerprint density at radius 3 is 3.15 bits per heavy atom. The minimum Gasteiger partial charge on any atom is -0.480 e. The van der Waals surface area contributed by atoms with Gasteiger partial charge in [-0.1, -0.05) is 0 Å². The van der Waals surface area contributed by atoms with Crippen LogP contribution in [-0.4, -0.2) is 25.8 Å². The van der Waals surface area contributed by atoms with E-state index in [1.54, 1.807) is 24.7 Å². The van der Waals surface area contributed by atoms with E-state index in [9.17, 15) is 4.79 Å². The number of pyridine rings is 1. The van der Waals surface area contributed by atoms with Crippen molar-refractivity contribution in [2.24, 2.45) is 0 Å². The summed E-state index contributed by atoms with van der Waals surface area (Å²) in [5, 5.41) is 13.4. The molecule has 0 saturated carbocycles. The normalized spacial score (nSPS) is 10.5. The van der Waals surface area contributed by atoms with Gasteiger partial charge in [0, 0.05) is 17.8 Å². The zero-order valence-electron chi connectivity index (χ0n) is 6.71. The number of fused-ring (bicyclic) bond motifs is 1. The summed E-state index contributed by atoms with van der Waals surface area (Å²) in [4.78, 5) is 14.3. The van der Waals surface area contributed by atoms with Crippen molar-refractivity contribution in [1.82, 2.24) is 14.8 Å². The zero-order valence-corrected chi connectivity index (χ0v) is 6.71. The van der Waals surface area contributed by atoms with Gasteiger partial charge in [-0.05, 0) is 6.07 Å². The van der Waals surface area contributed by atoms with Gasteiger partial charge < -0.3 is 5.11 Å². The lowest BCUT2D eigenvalue weighted by Crippen LogP contribution is -2.09. The van der Waals surface area contributed by atoms with Gasteiger partial charge >= 0.3 is 5.97 Å². The molecule has 2 aromatic heterocycles. The molecule has 0 amide bonds. The zero-order chi connectivity index (χ0) is 9.26. The number of hydrogen-bond acceptors (Lipinski definition) is 3. The number of carbonyl (C=O) groups is 1. The molecule has 13 heavy (non-hydrogen) atoms. The van der Waals surface area contributed by atoms with Crippen LogP contribution in [0.3, 0.4) is 0 Å². The van der Waals surface area contributed by atoms with Crippen molar-refractivity contribution >= 4 is 16.9 Å². The fourth-order valence-corrected chi connectivity index (χ4v) is 1.18. The van der Waals surface area contributed by atoms with E-state index >= 15 is 0 Å². The van der Waals surface area contributed by atoms with Crippen LogP contribution >= 0.6 is 0 Å². The quantitative estimate of drug-likeness (QED) is 0.725. The first-order chi connectivity index (χ1) is 6.27. The van der Waals surface area contributed by atoms with Crippen molar-refractivity contribution < 1.29 is 9.90 Å². The number of carboxylic acid groups (broad SMARTS) is 1. The molecule has 0 aromatic carbocycles. The lowest BCUT2D eigenvalue weighted by Gasteiger charge is -1.97. The minimum absolute atomic E-state index is 0.118. The van der Waals surface area contributed by atoms with E-state index in [-0.39, 0.29) is 6.54 Å². The molecule has 0 aliphatic heterocycles. The first-order valence-electron chi connectivity index (χ1n) is 3.75. The summed E-state index contributed by atoms with van der Waals surface area (Å²) in [6.45, 7) is -0.118. The van der Waals surface area contributed by atoms with Crippen molar-refractivity contribution in [3.63, 3.8) is 0 Å². The van der Waals surface area contributed by atoms with Crippen molar-refractivity contribution in [2.75, 3.05) is 0 Å². The first-order valence-corrected chi connectivity index (χ1v) is 3.75. The van der Waals surface area contributed by atoms with Crippen LogP contribution < -0.4 is 0 Å². The Kier molecular flexibility index (Phi) is 1.70. The number of rotatable bonds is 2. The Morgan fingerprint density at radius 1 is 1.54 bits per heavy atom. The first kappa shape index (κ1) is 7.72. The maximum atomic E-state index is 10.4. The van der Waals surface area contributed by atoms with Crippen LogP contribution in [0, 0.1) is 0 Å². The summed E-state index contributed by atoms with van der Waals surface area (Å²) in [7, 11) is 0. The van der Waals surface area contributed by atoms with Crippen LogP contribution in [0.5, 0.6) is 0 Å². The fraction of sp³-hybridized carbons (Fsp3) is 0.125. The largest absolute Gasteiger partial charge is 0.480 e. The SMILES string of the molecule is O=C(O)Cn1ncc2cnccc21. The summed E-state index contributed by atoms with van der Waals surface area (Å²) >= 11 is 0. The summed E-state index contributed by atoms with van der Waals surface area (Å²) < 4.78 is 1.43. The van der Waals surface area contributed by atoms with Crippen LogP contribution in [0.1, 0.15) is 0 Å². The molecule has 0 unspecified atom stereocenters. The smallest absolute Gasteiger partial charge is 0.325 e. The molecule has 0 atom stereocenters. The van der Waals surface area contributed by atoms with E-state index in [1.165, 1.54) is 4.68 Å². The number of hydrogen-bond donors (Lipinski definition) is 1. The van der Waals surface area contributed by atoms with E-state index in [0.29, 0.717) is 0 Å². The number of carboxylic acids is 1. The third-order valence-electron chi connectivity index (χ3n) is 1.73. The summed E-state index contributed by atoms with van der Waals surface area (Å²) in [6, 6.07) is 1.74. The average molecular weight is 177 g/mol. The van der Waals surface area contributed by atoms with Gasteiger partial charge in [-0.3, -0.25) is 14.5 Å². The van der Waals surface area contributed by atoms with Gasteiger partial charge in [0.25, 0.3) is 0 Å². The average Bonchev–Trinajstić information content (AvgIpc) is 2.48. The van der Waals surface area contributed by atoms with Crippen molar-refractivity contribution in [1.29, 1.82) is 0 Å². The van der Waals surface area contributed by atoms with E-state index in [0.717, 1.165) is 10.9 Å². The van der Waals surface area contributed by atoms with Crippen LogP contribution in [0.2, 0.25) is 0 Å². The Labute approximate surface area is 73.6 Å². The fourth-order valence-electron chi connectivity index (χ4n) is 1.18. The molecule has 0 bridgehead atoms. The molecule has 5 nitrogen and oxygen atoms in total. The molecule has 0 radical (unpaired) electrons. The Bertz CT molecular complexity index is 449. The lowest BCUT2D eigenvalue weighted by molar-refractivity contribution is -0.137. The van der Waals surface area contributed by atoms with Crippen LogP contribution in [0.15, 0.2) is 24.7 Å². The molecule has 0 spiro atoms. The number of nitrogens with zero attached hydrogens (tertiary/aromatic N) is 3. The van der Waals surface area contributed by atoms with Gasteiger partial charge in [-0.2, -0.15) is 5.10 Å². The Hall–Kier alpha value is -1.91.